The molecule has 0 fully saturated rings. The lowest BCUT2D eigenvalue weighted by Crippen LogP contribution is -2.05. The van der Waals surface area contributed by atoms with Gasteiger partial charge in [0.1, 0.15) is 0 Å². The van der Waals surface area contributed by atoms with Crippen molar-refractivity contribution in [2.75, 3.05) is 7.05 Å². The van der Waals surface area contributed by atoms with Crippen molar-refractivity contribution in [3.05, 3.63) is 41.2 Å². The topological polar surface area (TPSA) is 42.7 Å². The minimum Gasteiger partial charge on any atom is -0.314 e. The van der Waals surface area contributed by atoms with Crippen LogP contribution in [0.2, 0.25) is 0 Å². The molecule has 0 amide bonds. The van der Waals surface area contributed by atoms with Gasteiger partial charge in [0.15, 0.2) is 0 Å². The van der Waals surface area contributed by atoms with E-state index in [0.29, 0.717) is 0 Å². The molecule has 0 saturated carbocycles. The van der Waals surface area contributed by atoms with Gasteiger partial charge in [-0.3, -0.25) is 0 Å². The van der Waals surface area contributed by atoms with Crippen molar-refractivity contribution < 1.29 is 0 Å². The number of rotatable bonds is 3. The van der Waals surface area contributed by atoms with Gasteiger partial charge in [-0.15, -0.1) is 5.10 Å². The van der Waals surface area contributed by atoms with E-state index in [1.165, 1.54) is 11.1 Å². The van der Waals surface area contributed by atoms with E-state index in [2.05, 4.69) is 47.7 Å². The SMILES string of the molecule is CNCc1cn(-c2ccc(C)c(C)c2)nn1. The summed E-state index contributed by atoms with van der Waals surface area (Å²) >= 11 is 0. The van der Waals surface area contributed by atoms with Crippen LogP contribution in [-0.4, -0.2) is 22.0 Å². The maximum Gasteiger partial charge on any atom is 0.0969 e. The zero-order valence-electron chi connectivity index (χ0n) is 9.86. The van der Waals surface area contributed by atoms with E-state index in [1.54, 1.807) is 4.68 Å². The first-order chi connectivity index (χ1) is 7.70. The highest BCUT2D eigenvalue weighted by Crippen LogP contribution is 2.13. The molecule has 0 aliphatic heterocycles. The lowest BCUT2D eigenvalue weighted by molar-refractivity contribution is 0.766. The van der Waals surface area contributed by atoms with Gasteiger partial charge in [0.25, 0.3) is 0 Å². The lowest BCUT2D eigenvalue weighted by Gasteiger charge is -2.03. The van der Waals surface area contributed by atoms with Crippen LogP contribution in [-0.2, 0) is 6.54 Å². The molecular formula is C12H16N4. The highest BCUT2D eigenvalue weighted by molar-refractivity contribution is 5.38. The molecule has 0 spiro atoms. The molecular weight excluding hydrogens is 200 g/mol. The van der Waals surface area contributed by atoms with E-state index in [9.17, 15) is 0 Å². The zero-order chi connectivity index (χ0) is 11.5. The summed E-state index contributed by atoms with van der Waals surface area (Å²) in [6.45, 7) is 4.95. The molecule has 0 unspecified atom stereocenters. The minimum atomic E-state index is 0.741. The minimum absolute atomic E-state index is 0.741. The molecule has 1 aromatic carbocycles. The van der Waals surface area contributed by atoms with E-state index >= 15 is 0 Å². The molecule has 1 aromatic heterocycles. The molecule has 4 nitrogen and oxygen atoms in total. The van der Waals surface area contributed by atoms with Crippen molar-refractivity contribution in [2.45, 2.75) is 20.4 Å². The van der Waals surface area contributed by atoms with Crippen LogP contribution in [0.25, 0.3) is 5.69 Å². The van der Waals surface area contributed by atoms with Gasteiger partial charge >= 0.3 is 0 Å². The summed E-state index contributed by atoms with van der Waals surface area (Å²) < 4.78 is 1.80. The predicted molar refractivity (Wildman–Crippen MR) is 63.6 cm³/mol. The van der Waals surface area contributed by atoms with Gasteiger partial charge in [0.2, 0.25) is 0 Å². The Balaban J connectivity index is 2.31. The third kappa shape index (κ3) is 2.12. The van der Waals surface area contributed by atoms with Crippen LogP contribution < -0.4 is 5.32 Å². The van der Waals surface area contributed by atoms with Crippen molar-refractivity contribution >= 4 is 0 Å². The van der Waals surface area contributed by atoms with Crippen LogP contribution in [0.3, 0.4) is 0 Å². The molecule has 1 N–H and O–H groups in total. The molecule has 16 heavy (non-hydrogen) atoms. The van der Waals surface area contributed by atoms with Gasteiger partial charge in [-0.2, -0.15) is 0 Å². The van der Waals surface area contributed by atoms with Crippen LogP contribution in [0.4, 0.5) is 0 Å². The Labute approximate surface area is 95.3 Å². The van der Waals surface area contributed by atoms with E-state index in [4.69, 9.17) is 0 Å². The molecule has 0 atom stereocenters. The highest BCUT2D eigenvalue weighted by Gasteiger charge is 2.02. The first-order valence-electron chi connectivity index (χ1n) is 5.34. The largest absolute Gasteiger partial charge is 0.314 e. The summed E-state index contributed by atoms with van der Waals surface area (Å²) in [5.74, 6) is 0. The normalized spacial score (nSPS) is 10.7. The summed E-state index contributed by atoms with van der Waals surface area (Å²) in [5.41, 5.74) is 4.56. The molecule has 0 bridgehead atoms. The first-order valence-corrected chi connectivity index (χ1v) is 5.34. The number of aryl methyl sites for hydroxylation is 2. The molecule has 4 heteroatoms. The summed E-state index contributed by atoms with van der Waals surface area (Å²) in [7, 11) is 1.90. The number of hydrogen-bond donors (Lipinski definition) is 1. The predicted octanol–water partition coefficient (Wildman–Crippen LogP) is 1.60. The standard InChI is InChI=1S/C12H16N4/c1-9-4-5-12(6-10(9)2)16-8-11(7-13-3)14-15-16/h4-6,8,13H,7H2,1-3H3. The van der Waals surface area contributed by atoms with E-state index < -0.39 is 0 Å². The monoisotopic (exact) mass is 216 g/mol. The summed E-state index contributed by atoms with van der Waals surface area (Å²) in [4.78, 5) is 0. The smallest absolute Gasteiger partial charge is 0.0969 e. The van der Waals surface area contributed by atoms with Crippen molar-refractivity contribution in [3.8, 4) is 5.69 Å². The van der Waals surface area contributed by atoms with Gasteiger partial charge in [0.05, 0.1) is 17.6 Å². The van der Waals surface area contributed by atoms with Gasteiger partial charge in [-0.05, 0) is 44.2 Å². The Morgan fingerprint density at radius 1 is 1.25 bits per heavy atom. The number of aromatic nitrogens is 3. The van der Waals surface area contributed by atoms with E-state index in [0.717, 1.165) is 17.9 Å². The van der Waals surface area contributed by atoms with Crippen molar-refractivity contribution in [3.63, 3.8) is 0 Å². The average molecular weight is 216 g/mol. The third-order valence-corrected chi connectivity index (χ3v) is 2.65. The molecule has 0 radical (unpaired) electrons. The van der Waals surface area contributed by atoms with Crippen molar-refractivity contribution in [2.24, 2.45) is 0 Å². The molecule has 84 valence electrons. The Morgan fingerprint density at radius 2 is 2.06 bits per heavy atom. The second-order valence-electron chi connectivity index (χ2n) is 3.95. The summed E-state index contributed by atoms with van der Waals surface area (Å²) in [5, 5.41) is 11.2. The highest BCUT2D eigenvalue weighted by atomic mass is 15.4. The Kier molecular flexibility index (Phi) is 3.01. The summed E-state index contributed by atoms with van der Waals surface area (Å²) in [6.07, 6.45) is 1.95. The maximum absolute atomic E-state index is 4.10. The lowest BCUT2D eigenvalue weighted by atomic mass is 10.1. The summed E-state index contributed by atoms with van der Waals surface area (Å²) in [6, 6.07) is 6.28. The molecule has 0 aliphatic rings. The maximum atomic E-state index is 4.10. The van der Waals surface area contributed by atoms with Crippen LogP contribution in [0, 0.1) is 13.8 Å². The second kappa shape index (κ2) is 4.45. The van der Waals surface area contributed by atoms with Gasteiger partial charge < -0.3 is 5.32 Å². The van der Waals surface area contributed by atoms with Gasteiger partial charge in [0, 0.05) is 6.54 Å². The molecule has 2 aromatic rings. The molecule has 1 heterocycles. The number of nitrogens with zero attached hydrogens (tertiary/aromatic N) is 3. The number of benzene rings is 1. The Bertz CT molecular complexity index is 488. The number of hydrogen-bond acceptors (Lipinski definition) is 3. The average Bonchev–Trinajstić information content (AvgIpc) is 2.71. The second-order valence-corrected chi connectivity index (χ2v) is 3.95. The fourth-order valence-electron chi connectivity index (χ4n) is 1.55. The van der Waals surface area contributed by atoms with Crippen molar-refractivity contribution in [1.29, 1.82) is 0 Å². The first kappa shape index (κ1) is 10.8. The van der Waals surface area contributed by atoms with Crippen LogP contribution in [0.5, 0.6) is 0 Å². The zero-order valence-corrected chi connectivity index (χ0v) is 9.86. The van der Waals surface area contributed by atoms with Crippen LogP contribution >= 0.6 is 0 Å². The molecule has 0 saturated heterocycles. The third-order valence-electron chi connectivity index (χ3n) is 2.65. The Hall–Kier alpha value is -1.68. The number of nitrogens with one attached hydrogen (secondary N) is 1. The van der Waals surface area contributed by atoms with Gasteiger partial charge in [-0.25, -0.2) is 4.68 Å². The molecule has 0 aliphatic carbocycles. The van der Waals surface area contributed by atoms with Crippen molar-refractivity contribution in [1.82, 2.24) is 20.3 Å². The fourth-order valence-corrected chi connectivity index (χ4v) is 1.55. The van der Waals surface area contributed by atoms with Crippen LogP contribution in [0.1, 0.15) is 16.8 Å². The molecule has 2 rings (SSSR count). The van der Waals surface area contributed by atoms with E-state index in [-0.39, 0.29) is 0 Å². The van der Waals surface area contributed by atoms with E-state index in [1.807, 2.05) is 13.2 Å². The quantitative estimate of drug-likeness (QED) is 0.847. The fraction of sp³-hybridized carbons (Fsp3) is 0.333. The Morgan fingerprint density at radius 3 is 2.75 bits per heavy atom. The van der Waals surface area contributed by atoms with Crippen LogP contribution in [0.15, 0.2) is 24.4 Å². The van der Waals surface area contributed by atoms with Gasteiger partial charge in [-0.1, -0.05) is 11.3 Å².